The van der Waals surface area contributed by atoms with Crippen LogP contribution in [-0.4, -0.2) is 58.3 Å². The van der Waals surface area contributed by atoms with Gasteiger partial charge in [0.1, 0.15) is 11.3 Å². The number of aromatic nitrogens is 3. The van der Waals surface area contributed by atoms with Crippen LogP contribution >= 0.6 is 11.6 Å². The predicted octanol–water partition coefficient (Wildman–Crippen LogP) is 3.89. The van der Waals surface area contributed by atoms with Gasteiger partial charge in [0.2, 0.25) is 10.0 Å². The number of hydrogen-bond donors (Lipinski definition) is 0. The van der Waals surface area contributed by atoms with Gasteiger partial charge >= 0.3 is 0 Å². The van der Waals surface area contributed by atoms with E-state index in [9.17, 15) is 8.42 Å². The molecular formula is C24H24ClN5O2S. The highest BCUT2D eigenvalue weighted by Crippen LogP contribution is 2.23. The van der Waals surface area contributed by atoms with E-state index in [2.05, 4.69) is 45.6 Å². The second kappa shape index (κ2) is 8.87. The second-order valence-electron chi connectivity index (χ2n) is 8.18. The van der Waals surface area contributed by atoms with Crippen LogP contribution in [0.2, 0.25) is 5.02 Å². The van der Waals surface area contributed by atoms with Crippen LogP contribution in [0, 0.1) is 6.92 Å². The number of fused-ring (bicyclic) bond motifs is 1. The first-order valence-corrected chi connectivity index (χ1v) is 12.6. The molecule has 0 atom stereocenters. The molecule has 5 rings (SSSR count). The quantitative estimate of drug-likeness (QED) is 0.432. The molecule has 2 aromatic carbocycles. The minimum absolute atomic E-state index is 0.271. The molecule has 0 unspecified atom stereocenters. The molecule has 1 saturated heterocycles. The fourth-order valence-corrected chi connectivity index (χ4v) is 5.66. The Morgan fingerprint density at radius 2 is 1.64 bits per heavy atom. The average molecular weight is 482 g/mol. The zero-order chi connectivity index (χ0) is 23.0. The summed E-state index contributed by atoms with van der Waals surface area (Å²) < 4.78 is 29.6. The van der Waals surface area contributed by atoms with Gasteiger partial charge in [-0.1, -0.05) is 29.3 Å². The van der Waals surface area contributed by atoms with Gasteiger partial charge in [0.05, 0.1) is 11.4 Å². The molecule has 7 nitrogen and oxygen atoms in total. The Morgan fingerprint density at radius 1 is 0.939 bits per heavy atom. The molecule has 170 valence electrons. The summed E-state index contributed by atoms with van der Waals surface area (Å²) in [5.41, 5.74) is 3.87. The second-order valence-corrected chi connectivity index (χ2v) is 10.6. The number of benzene rings is 2. The lowest BCUT2D eigenvalue weighted by Gasteiger charge is -2.33. The summed E-state index contributed by atoms with van der Waals surface area (Å²) in [6, 6.07) is 18.5. The largest absolute Gasteiger partial charge is 0.293 e. The SMILES string of the molecule is Cc1ccc(-n2c(CN3CCN(S(=O)(=O)c4ccc(Cl)cc4)CC3)nc3cccnc32)cc1. The molecule has 2 aromatic heterocycles. The number of sulfonamides is 1. The number of halogens is 1. The van der Waals surface area contributed by atoms with Crippen LogP contribution in [0.5, 0.6) is 0 Å². The minimum Gasteiger partial charge on any atom is -0.293 e. The van der Waals surface area contributed by atoms with Crippen molar-refractivity contribution in [1.29, 1.82) is 0 Å². The van der Waals surface area contributed by atoms with Gasteiger partial charge < -0.3 is 0 Å². The van der Waals surface area contributed by atoms with E-state index in [0.717, 1.165) is 22.7 Å². The summed E-state index contributed by atoms with van der Waals surface area (Å²) in [7, 11) is -3.53. The van der Waals surface area contributed by atoms with Crippen LogP contribution < -0.4 is 0 Å². The van der Waals surface area contributed by atoms with Gasteiger partial charge in [0.25, 0.3) is 0 Å². The molecule has 0 aliphatic carbocycles. The lowest BCUT2D eigenvalue weighted by atomic mass is 10.2. The van der Waals surface area contributed by atoms with Crippen molar-refractivity contribution in [1.82, 2.24) is 23.7 Å². The fourth-order valence-electron chi connectivity index (χ4n) is 4.11. The summed E-state index contributed by atoms with van der Waals surface area (Å²) in [6.45, 7) is 4.77. The number of imidazole rings is 1. The van der Waals surface area contributed by atoms with Crippen LogP contribution in [-0.2, 0) is 16.6 Å². The maximum atomic E-state index is 13.0. The molecule has 0 bridgehead atoms. The molecule has 0 radical (unpaired) electrons. The van der Waals surface area contributed by atoms with Crippen molar-refractivity contribution in [3.05, 3.63) is 83.3 Å². The monoisotopic (exact) mass is 481 g/mol. The van der Waals surface area contributed by atoms with E-state index in [4.69, 9.17) is 16.6 Å². The molecule has 0 amide bonds. The zero-order valence-electron chi connectivity index (χ0n) is 18.2. The lowest BCUT2D eigenvalue weighted by molar-refractivity contribution is 0.177. The number of pyridine rings is 1. The third-order valence-electron chi connectivity index (χ3n) is 5.93. The Labute approximate surface area is 198 Å². The highest BCUT2D eigenvalue weighted by molar-refractivity contribution is 7.89. The normalized spacial score (nSPS) is 15.8. The summed E-state index contributed by atoms with van der Waals surface area (Å²) >= 11 is 5.91. The first kappa shape index (κ1) is 22.0. The Kier molecular flexibility index (Phi) is 5.92. The maximum Gasteiger partial charge on any atom is 0.243 e. The van der Waals surface area contributed by atoms with Gasteiger partial charge in [-0.25, -0.2) is 18.4 Å². The molecule has 9 heteroatoms. The first-order chi connectivity index (χ1) is 15.9. The zero-order valence-corrected chi connectivity index (χ0v) is 19.8. The van der Waals surface area contributed by atoms with Crippen LogP contribution in [0.3, 0.4) is 0 Å². The van der Waals surface area contributed by atoms with Crippen LogP contribution in [0.4, 0.5) is 0 Å². The molecule has 3 heterocycles. The Morgan fingerprint density at radius 3 is 2.33 bits per heavy atom. The van der Waals surface area contributed by atoms with Crippen molar-refractivity contribution in [3.63, 3.8) is 0 Å². The molecule has 0 N–H and O–H groups in total. The van der Waals surface area contributed by atoms with Crippen LogP contribution in [0.15, 0.2) is 71.8 Å². The van der Waals surface area contributed by atoms with Crippen molar-refractivity contribution in [2.24, 2.45) is 0 Å². The number of nitrogens with zero attached hydrogens (tertiary/aromatic N) is 5. The minimum atomic E-state index is -3.53. The number of piperazine rings is 1. The van der Waals surface area contributed by atoms with Gasteiger partial charge in [0.15, 0.2) is 5.65 Å². The summed E-state index contributed by atoms with van der Waals surface area (Å²) in [6.07, 6.45) is 1.78. The first-order valence-electron chi connectivity index (χ1n) is 10.8. The van der Waals surface area contributed by atoms with Gasteiger partial charge in [-0.15, -0.1) is 0 Å². The topological polar surface area (TPSA) is 71.3 Å². The molecule has 1 fully saturated rings. The predicted molar refractivity (Wildman–Crippen MR) is 129 cm³/mol. The van der Waals surface area contributed by atoms with E-state index in [0.29, 0.717) is 37.7 Å². The molecule has 1 aliphatic rings. The Hall–Kier alpha value is -2.78. The van der Waals surface area contributed by atoms with E-state index in [1.807, 2.05) is 12.1 Å². The highest BCUT2D eigenvalue weighted by Gasteiger charge is 2.29. The summed E-state index contributed by atoms with van der Waals surface area (Å²) in [5.74, 6) is 0.890. The fraction of sp³-hybridized carbons (Fsp3) is 0.250. The summed E-state index contributed by atoms with van der Waals surface area (Å²) in [4.78, 5) is 11.9. The molecule has 0 saturated carbocycles. The highest BCUT2D eigenvalue weighted by atomic mass is 35.5. The van der Waals surface area contributed by atoms with E-state index in [1.54, 1.807) is 30.5 Å². The number of hydrogen-bond acceptors (Lipinski definition) is 5. The smallest absolute Gasteiger partial charge is 0.243 e. The van der Waals surface area contributed by atoms with Crippen molar-refractivity contribution in [2.45, 2.75) is 18.4 Å². The Balaban J connectivity index is 1.36. The maximum absolute atomic E-state index is 13.0. The van der Waals surface area contributed by atoms with E-state index in [-0.39, 0.29) is 4.90 Å². The van der Waals surface area contributed by atoms with Gasteiger partial charge in [-0.05, 0) is 55.5 Å². The van der Waals surface area contributed by atoms with Crippen LogP contribution in [0.25, 0.3) is 16.9 Å². The van der Waals surface area contributed by atoms with Crippen molar-refractivity contribution in [3.8, 4) is 5.69 Å². The van der Waals surface area contributed by atoms with Crippen molar-refractivity contribution >= 4 is 32.8 Å². The van der Waals surface area contributed by atoms with E-state index in [1.165, 1.54) is 9.87 Å². The molecule has 1 aliphatic heterocycles. The van der Waals surface area contributed by atoms with Crippen molar-refractivity contribution < 1.29 is 8.42 Å². The third-order valence-corrected chi connectivity index (χ3v) is 8.09. The van der Waals surface area contributed by atoms with Gasteiger partial charge in [-0.2, -0.15) is 4.31 Å². The third kappa shape index (κ3) is 4.39. The molecule has 33 heavy (non-hydrogen) atoms. The Bertz CT molecular complexity index is 1380. The molecule has 0 spiro atoms. The van der Waals surface area contributed by atoms with E-state index < -0.39 is 10.0 Å². The summed E-state index contributed by atoms with van der Waals surface area (Å²) in [5, 5.41) is 0.518. The average Bonchev–Trinajstić information content (AvgIpc) is 3.18. The molecular weight excluding hydrogens is 458 g/mol. The number of aryl methyl sites for hydroxylation is 1. The van der Waals surface area contributed by atoms with Crippen LogP contribution in [0.1, 0.15) is 11.4 Å². The molecule has 4 aromatic rings. The number of rotatable bonds is 5. The van der Waals surface area contributed by atoms with Gasteiger partial charge in [0, 0.05) is 43.1 Å². The lowest BCUT2D eigenvalue weighted by Crippen LogP contribution is -2.48. The standard InChI is InChI=1S/C24H24ClN5O2S/c1-18-4-8-20(9-5-18)30-23(27-22-3-2-12-26-24(22)30)17-28-13-15-29(16-14-28)33(31,32)21-10-6-19(25)7-11-21/h2-12H,13-17H2,1H3. The van der Waals surface area contributed by atoms with E-state index >= 15 is 0 Å². The van der Waals surface area contributed by atoms with Gasteiger partial charge in [-0.3, -0.25) is 9.47 Å². The van der Waals surface area contributed by atoms with Crippen molar-refractivity contribution in [2.75, 3.05) is 26.2 Å².